The van der Waals surface area contributed by atoms with E-state index < -0.39 is 16.1 Å². The lowest BCUT2D eigenvalue weighted by Crippen LogP contribution is -2.53. The largest absolute Gasteiger partial charge is 0.352 e. The molecule has 0 heterocycles. The van der Waals surface area contributed by atoms with Gasteiger partial charge < -0.3 is 10.2 Å². The van der Waals surface area contributed by atoms with Crippen molar-refractivity contribution in [2.24, 2.45) is 0 Å². The number of nitrogens with zero attached hydrogens (tertiary/aromatic N) is 2. The van der Waals surface area contributed by atoms with Crippen LogP contribution in [-0.4, -0.2) is 50.0 Å². The number of rotatable bonds is 13. The predicted octanol–water partition coefficient (Wildman–Crippen LogP) is 7.59. The van der Waals surface area contributed by atoms with Gasteiger partial charge >= 0.3 is 0 Å². The lowest BCUT2D eigenvalue weighted by Gasteiger charge is -2.34. The first-order valence-corrected chi connectivity index (χ1v) is 18.2. The number of hydrogen-bond acceptors (Lipinski definition) is 4. The van der Waals surface area contributed by atoms with Gasteiger partial charge in [0.15, 0.2) is 0 Å². The molecule has 3 aromatic rings. The topological polar surface area (TPSA) is 86.8 Å². The van der Waals surface area contributed by atoms with Crippen LogP contribution in [0.5, 0.6) is 0 Å². The summed E-state index contributed by atoms with van der Waals surface area (Å²) < 4.78 is 26.9. The Hall–Kier alpha value is -2.78. The van der Waals surface area contributed by atoms with E-state index >= 15 is 0 Å². The van der Waals surface area contributed by atoms with Crippen LogP contribution in [0.4, 0.5) is 5.69 Å². The van der Waals surface area contributed by atoms with Crippen LogP contribution in [-0.2, 0) is 32.6 Å². The maximum Gasteiger partial charge on any atom is 0.243 e. The van der Waals surface area contributed by atoms with Crippen molar-refractivity contribution in [2.45, 2.75) is 76.9 Å². The molecule has 0 bridgehead atoms. The Kier molecular flexibility index (Phi) is 12.6. The van der Waals surface area contributed by atoms with Crippen LogP contribution < -0.4 is 9.62 Å². The van der Waals surface area contributed by atoms with Crippen LogP contribution in [0.2, 0.25) is 15.1 Å². The molecule has 1 fully saturated rings. The molecule has 1 aliphatic carbocycles. The Morgan fingerprint density at radius 3 is 2.24 bits per heavy atom. The van der Waals surface area contributed by atoms with E-state index in [-0.39, 0.29) is 43.8 Å². The number of sulfonamides is 1. The third kappa shape index (κ3) is 9.85. The summed E-state index contributed by atoms with van der Waals surface area (Å²) in [5.41, 5.74) is 2.66. The summed E-state index contributed by atoms with van der Waals surface area (Å²) in [6.45, 7) is 1.89. The van der Waals surface area contributed by atoms with Gasteiger partial charge in [0.2, 0.25) is 21.8 Å². The van der Waals surface area contributed by atoms with E-state index in [4.69, 9.17) is 34.8 Å². The maximum atomic E-state index is 14.2. The second kappa shape index (κ2) is 16.2. The van der Waals surface area contributed by atoms with E-state index in [0.717, 1.165) is 49.5 Å². The number of carbonyl (C=O) groups is 2. The Morgan fingerprint density at radius 1 is 0.933 bits per heavy atom. The highest BCUT2D eigenvalue weighted by Crippen LogP contribution is 2.29. The summed E-state index contributed by atoms with van der Waals surface area (Å²) in [6.07, 6.45) is 6.69. The van der Waals surface area contributed by atoms with Crippen LogP contribution in [0.15, 0.2) is 66.7 Å². The van der Waals surface area contributed by atoms with Crippen LogP contribution in [0, 0.1) is 6.92 Å². The highest BCUT2D eigenvalue weighted by Gasteiger charge is 2.33. The van der Waals surface area contributed by atoms with Crippen molar-refractivity contribution >= 4 is 62.3 Å². The van der Waals surface area contributed by atoms with Crippen molar-refractivity contribution in [3.63, 3.8) is 0 Å². The van der Waals surface area contributed by atoms with Gasteiger partial charge in [-0.3, -0.25) is 13.9 Å². The average Bonchev–Trinajstić information content (AvgIpc) is 3.00. The molecule has 0 radical (unpaired) electrons. The Balaban J connectivity index is 1.64. The van der Waals surface area contributed by atoms with Crippen molar-refractivity contribution < 1.29 is 18.0 Å². The van der Waals surface area contributed by atoms with E-state index in [0.29, 0.717) is 32.7 Å². The van der Waals surface area contributed by atoms with Gasteiger partial charge in [0.25, 0.3) is 0 Å². The second-order valence-corrected chi connectivity index (χ2v) is 14.8. The highest BCUT2D eigenvalue weighted by molar-refractivity contribution is 7.92. The number of anilines is 1. The number of carbonyl (C=O) groups excluding carboxylic acids is 2. The van der Waals surface area contributed by atoms with Crippen molar-refractivity contribution in [2.75, 3.05) is 17.1 Å². The SMILES string of the molecule is Cc1ccc(Cl)cc1N(CCCC(=O)N(Cc1c(Cl)cccc1Cl)[C@H](Cc1ccccc1)C(=O)NC1CCCCC1)S(C)(=O)=O. The summed E-state index contributed by atoms with van der Waals surface area (Å²) in [5.74, 6) is -0.531. The molecule has 0 unspecified atom stereocenters. The first-order chi connectivity index (χ1) is 21.4. The number of nitrogens with one attached hydrogen (secondary N) is 1. The van der Waals surface area contributed by atoms with Gasteiger partial charge in [-0.2, -0.15) is 0 Å². The predicted molar refractivity (Wildman–Crippen MR) is 184 cm³/mol. The summed E-state index contributed by atoms with van der Waals surface area (Å²) in [6, 6.07) is 19.0. The van der Waals surface area contributed by atoms with Crippen LogP contribution in [0.1, 0.15) is 61.6 Å². The minimum Gasteiger partial charge on any atom is -0.352 e. The minimum atomic E-state index is -3.67. The molecule has 3 aromatic carbocycles. The molecule has 4 rings (SSSR count). The summed E-state index contributed by atoms with van der Waals surface area (Å²) in [7, 11) is -3.67. The fraction of sp³-hybridized carbons (Fsp3) is 0.412. The monoisotopic (exact) mass is 691 g/mol. The zero-order valence-electron chi connectivity index (χ0n) is 25.6. The Bertz CT molecular complexity index is 1560. The molecule has 1 N–H and O–H groups in total. The molecule has 7 nitrogen and oxygen atoms in total. The molecule has 11 heteroatoms. The lowest BCUT2D eigenvalue weighted by molar-refractivity contribution is -0.141. The Morgan fingerprint density at radius 2 is 1.60 bits per heavy atom. The number of amides is 2. The molecule has 1 aliphatic rings. The van der Waals surface area contributed by atoms with E-state index in [2.05, 4.69) is 5.32 Å². The standard InChI is InChI=1S/C34H40Cl3N3O4S/c1-24-18-19-26(35)22-31(24)40(45(2,43)44)20-10-17-33(41)39(23-28-29(36)15-9-16-30(28)37)32(21-25-11-5-3-6-12-25)34(42)38-27-13-7-4-8-14-27/h3,5-6,9,11-12,15-16,18-19,22,27,32H,4,7-8,10,13-14,17,20-21,23H2,1-2H3,(H,38,42)/t32-/m1/s1. The van der Waals surface area contributed by atoms with Gasteiger partial charge in [-0.15, -0.1) is 0 Å². The first-order valence-electron chi connectivity index (χ1n) is 15.2. The molecule has 2 amide bonds. The molecule has 0 saturated heterocycles. The van der Waals surface area contributed by atoms with E-state index in [1.54, 1.807) is 41.3 Å². The van der Waals surface area contributed by atoms with Gasteiger partial charge in [-0.1, -0.05) is 96.5 Å². The smallest absolute Gasteiger partial charge is 0.243 e. The first kappa shape index (κ1) is 35.1. The molecular weight excluding hydrogens is 653 g/mol. The number of aryl methyl sites for hydroxylation is 1. The zero-order chi connectivity index (χ0) is 32.6. The van der Waals surface area contributed by atoms with Crippen LogP contribution in [0.25, 0.3) is 0 Å². The Labute approximate surface area is 281 Å². The van der Waals surface area contributed by atoms with Crippen molar-refractivity contribution in [1.29, 1.82) is 0 Å². The quantitative estimate of drug-likeness (QED) is 0.200. The normalized spacial score (nSPS) is 14.5. The third-order valence-electron chi connectivity index (χ3n) is 8.20. The summed E-state index contributed by atoms with van der Waals surface area (Å²) >= 11 is 19.3. The molecule has 45 heavy (non-hydrogen) atoms. The minimum absolute atomic E-state index is 0.00426. The van der Waals surface area contributed by atoms with Crippen molar-refractivity contribution in [3.05, 3.63) is 98.5 Å². The van der Waals surface area contributed by atoms with Gasteiger partial charge in [-0.05, 0) is 61.6 Å². The van der Waals surface area contributed by atoms with Crippen molar-refractivity contribution in [3.8, 4) is 0 Å². The highest BCUT2D eigenvalue weighted by atomic mass is 35.5. The molecule has 0 aromatic heterocycles. The third-order valence-corrected chi connectivity index (χ3v) is 10.3. The molecule has 0 aliphatic heterocycles. The number of benzene rings is 3. The summed E-state index contributed by atoms with van der Waals surface area (Å²) in [5, 5.41) is 4.42. The summed E-state index contributed by atoms with van der Waals surface area (Å²) in [4.78, 5) is 29.7. The second-order valence-electron chi connectivity index (χ2n) is 11.6. The lowest BCUT2D eigenvalue weighted by atomic mass is 9.94. The van der Waals surface area contributed by atoms with Gasteiger partial charge in [-0.25, -0.2) is 8.42 Å². The van der Waals surface area contributed by atoms with Crippen LogP contribution >= 0.6 is 34.8 Å². The van der Waals surface area contributed by atoms with Gasteiger partial charge in [0.1, 0.15) is 6.04 Å². The fourth-order valence-electron chi connectivity index (χ4n) is 5.79. The van der Waals surface area contributed by atoms with E-state index in [1.807, 2.05) is 37.3 Å². The molecule has 1 saturated carbocycles. The van der Waals surface area contributed by atoms with E-state index in [9.17, 15) is 18.0 Å². The average molecular weight is 693 g/mol. The molecule has 0 spiro atoms. The zero-order valence-corrected chi connectivity index (χ0v) is 28.7. The molecule has 1 atom stereocenters. The molecular formula is C34H40Cl3N3O4S. The van der Waals surface area contributed by atoms with Gasteiger partial charge in [0.05, 0.1) is 11.9 Å². The van der Waals surface area contributed by atoms with Crippen molar-refractivity contribution in [1.82, 2.24) is 10.2 Å². The fourth-order valence-corrected chi connectivity index (χ4v) is 7.48. The van der Waals surface area contributed by atoms with E-state index in [1.165, 1.54) is 4.31 Å². The number of halogens is 3. The maximum absolute atomic E-state index is 14.2. The van der Waals surface area contributed by atoms with Crippen LogP contribution in [0.3, 0.4) is 0 Å². The number of hydrogen-bond donors (Lipinski definition) is 1. The van der Waals surface area contributed by atoms with Gasteiger partial charge in [0, 0.05) is 52.6 Å². The molecule has 242 valence electrons.